The van der Waals surface area contributed by atoms with Crippen LogP contribution < -0.4 is 15.4 Å². The van der Waals surface area contributed by atoms with Crippen LogP contribution in [-0.4, -0.2) is 67.1 Å². The number of para-hydroxylation sites is 2. The molecule has 1 fully saturated rings. The fourth-order valence-electron chi connectivity index (χ4n) is 3.04. The average molecular weight is 332 g/mol. The highest BCUT2D eigenvalue weighted by atomic mass is 16.5. The number of piperazine rings is 1. The Kier molecular flexibility index (Phi) is 5.20. The van der Waals surface area contributed by atoms with E-state index in [4.69, 9.17) is 4.74 Å². The van der Waals surface area contributed by atoms with Crippen molar-refractivity contribution in [1.82, 2.24) is 15.1 Å². The van der Waals surface area contributed by atoms with Gasteiger partial charge >= 0.3 is 6.03 Å². The van der Waals surface area contributed by atoms with Gasteiger partial charge in [0.2, 0.25) is 5.91 Å². The summed E-state index contributed by atoms with van der Waals surface area (Å²) in [6.07, 6.45) is 0.912. The molecule has 130 valence electrons. The van der Waals surface area contributed by atoms with Gasteiger partial charge in [0.05, 0.1) is 18.3 Å². The van der Waals surface area contributed by atoms with Gasteiger partial charge in [0.15, 0.2) is 0 Å². The summed E-state index contributed by atoms with van der Waals surface area (Å²) in [4.78, 5) is 28.3. The van der Waals surface area contributed by atoms with Gasteiger partial charge in [-0.1, -0.05) is 19.1 Å². The van der Waals surface area contributed by atoms with Gasteiger partial charge in [-0.25, -0.2) is 4.79 Å². The van der Waals surface area contributed by atoms with Crippen LogP contribution in [0.15, 0.2) is 24.3 Å². The van der Waals surface area contributed by atoms with Crippen molar-refractivity contribution in [2.24, 2.45) is 0 Å². The van der Waals surface area contributed by atoms with E-state index in [-0.39, 0.29) is 18.0 Å². The standard InChI is InChI=1S/C17H24N4O3/c1-2-7-18-17(23)21-9-8-20-11-16(22)19-14-5-3-4-6-15(14)24-12-13(20)10-21/h3-6,13H,2,7-12H2,1H3,(H,18,23)(H,19,22)/t13-/m1/s1. The molecule has 2 aliphatic rings. The van der Waals surface area contributed by atoms with E-state index in [9.17, 15) is 9.59 Å². The zero-order valence-electron chi connectivity index (χ0n) is 14.0. The van der Waals surface area contributed by atoms with Gasteiger partial charge in [-0.3, -0.25) is 9.69 Å². The molecule has 3 rings (SSSR count). The van der Waals surface area contributed by atoms with Gasteiger partial charge in [0.1, 0.15) is 12.4 Å². The van der Waals surface area contributed by atoms with Crippen LogP contribution in [0.3, 0.4) is 0 Å². The third-order valence-electron chi connectivity index (χ3n) is 4.36. The van der Waals surface area contributed by atoms with Crippen LogP contribution in [-0.2, 0) is 4.79 Å². The molecule has 0 aliphatic carbocycles. The predicted molar refractivity (Wildman–Crippen MR) is 91.2 cm³/mol. The molecule has 2 N–H and O–H groups in total. The molecule has 0 aromatic heterocycles. The second-order valence-electron chi connectivity index (χ2n) is 6.16. The van der Waals surface area contributed by atoms with Crippen molar-refractivity contribution in [3.63, 3.8) is 0 Å². The zero-order valence-corrected chi connectivity index (χ0v) is 14.0. The van der Waals surface area contributed by atoms with E-state index in [0.29, 0.717) is 50.8 Å². The van der Waals surface area contributed by atoms with Crippen LogP contribution in [0.1, 0.15) is 13.3 Å². The average Bonchev–Trinajstić information content (AvgIpc) is 2.65. The number of hydrogen-bond acceptors (Lipinski definition) is 4. The first kappa shape index (κ1) is 16.6. The Balaban J connectivity index is 1.71. The van der Waals surface area contributed by atoms with Crippen LogP contribution in [0, 0.1) is 0 Å². The fourth-order valence-corrected chi connectivity index (χ4v) is 3.04. The molecule has 3 amide bonds. The van der Waals surface area contributed by atoms with E-state index < -0.39 is 0 Å². The molecular formula is C17H24N4O3. The van der Waals surface area contributed by atoms with Crippen molar-refractivity contribution >= 4 is 17.6 Å². The Morgan fingerprint density at radius 2 is 2.21 bits per heavy atom. The summed E-state index contributed by atoms with van der Waals surface area (Å²) in [5, 5.41) is 5.81. The van der Waals surface area contributed by atoms with E-state index in [2.05, 4.69) is 15.5 Å². The first-order valence-corrected chi connectivity index (χ1v) is 8.46. The lowest BCUT2D eigenvalue weighted by Gasteiger charge is -2.40. The van der Waals surface area contributed by atoms with Gasteiger partial charge in [0, 0.05) is 26.2 Å². The summed E-state index contributed by atoms with van der Waals surface area (Å²) < 4.78 is 5.92. The summed E-state index contributed by atoms with van der Waals surface area (Å²) in [7, 11) is 0. The molecule has 1 saturated heterocycles. The molecule has 24 heavy (non-hydrogen) atoms. The number of urea groups is 1. The van der Waals surface area contributed by atoms with Crippen molar-refractivity contribution in [3.8, 4) is 5.75 Å². The minimum Gasteiger partial charge on any atom is -0.490 e. The molecular weight excluding hydrogens is 308 g/mol. The van der Waals surface area contributed by atoms with Crippen LogP contribution in [0.2, 0.25) is 0 Å². The molecule has 0 radical (unpaired) electrons. The molecule has 2 aliphatic heterocycles. The molecule has 0 unspecified atom stereocenters. The van der Waals surface area contributed by atoms with Gasteiger partial charge in [0.25, 0.3) is 0 Å². The molecule has 1 aromatic rings. The van der Waals surface area contributed by atoms with E-state index in [0.717, 1.165) is 6.42 Å². The predicted octanol–water partition coefficient (Wildman–Crippen LogP) is 1.12. The number of amides is 3. The molecule has 1 aromatic carbocycles. The molecule has 1 atom stereocenters. The molecule has 7 heteroatoms. The Bertz CT molecular complexity index is 607. The molecule has 0 saturated carbocycles. The highest BCUT2D eigenvalue weighted by Gasteiger charge is 2.32. The number of carbonyl (C=O) groups is 2. The molecule has 0 bridgehead atoms. The number of nitrogens with one attached hydrogen (secondary N) is 2. The van der Waals surface area contributed by atoms with Gasteiger partial charge in [-0.2, -0.15) is 0 Å². The lowest BCUT2D eigenvalue weighted by molar-refractivity contribution is -0.118. The first-order valence-electron chi connectivity index (χ1n) is 8.46. The van der Waals surface area contributed by atoms with Gasteiger partial charge in [-0.15, -0.1) is 0 Å². The molecule has 0 spiro atoms. The van der Waals surface area contributed by atoms with E-state index in [1.807, 2.05) is 36.1 Å². The molecule has 2 heterocycles. The summed E-state index contributed by atoms with van der Waals surface area (Å²) in [5.74, 6) is 0.613. The minimum absolute atomic E-state index is 0.00281. The maximum atomic E-state index is 12.3. The van der Waals surface area contributed by atoms with Crippen molar-refractivity contribution in [1.29, 1.82) is 0 Å². The largest absolute Gasteiger partial charge is 0.490 e. The van der Waals surface area contributed by atoms with Crippen molar-refractivity contribution in [3.05, 3.63) is 24.3 Å². The van der Waals surface area contributed by atoms with E-state index in [1.54, 1.807) is 0 Å². The van der Waals surface area contributed by atoms with Crippen molar-refractivity contribution in [2.45, 2.75) is 19.4 Å². The fraction of sp³-hybridized carbons (Fsp3) is 0.529. The number of ether oxygens (including phenoxy) is 1. The lowest BCUT2D eigenvalue weighted by Crippen LogP contribution is -2.59. The zero-order chi connectivity index (χ0) is 16.9. The van der Waals surface area contributed by atoms with Crippen LogP contribution in [0.5, 0.6) is 5.75 Å². The summed E-state index contributed by atoms with van der Waals surface area (Å²) in [6.45, 7) is 5.31. The summed E-state index contributed by atoms with van der Waals surface area (Å²) >= 11 is 0. The number of fused-ring (bicyclic) bond motifs is 2. The van der Waals surface area contributed by atoms with Crippen LogP contribution in [0.25, 0.3) is 0 Å². The summed E-state index contributed by atoms with van der Waals surface area (Å²) in [6, 6.07) is 7.39. The quantitative estimate of drug-likeness (QED) is 0.851. The second kappa shape index (κ2) is 7.53. The Labute approximate surface area is 141 Å². The van der Waals surface area contributed by atoms with Crippen molar-refractivity contribution in [2.75, 3.05) is 44.6 Å². The number of hydrogen-bond donors (Lipinski definition) is 2. The number of rotatable bonds is 2. The topological polar surface area (TPSA) is 73.9 Å². The van der Waals surface area contributed by atoms with Crippen molar-refractivity contribution < 1.29 is 14.3 Å². The maximum Gasteiger partial charge on any atom is 0.317 e. The Morgan fingerprint density at radius 1 is 1.38 bits per heavy atom. The highest BCUT2D eigenvalue weighted by Crippen LogP contribution is 2.26. The minimum atomic E-state index is -0.0539. The normalized spacial score (nSPS) is 21.3. The lowest BCUT2D eigenvalue weighted by atomic mass is 10.2. The Morgan fingerprint density at radius 3 is 3.04 bits per heavy atom. The highest BCUT2D eigenvalue weighted by molar-refractivity contribution is 5.93. The van der Waals surface area contributed by atoms with Crippen LogP contribution >= 0.6 is 0 Å². The number of benzene rings is 1. The molecule has 7 nitrogen and oxygen atoms in total. The monoisotopic (exact) mass is 332 g/mol. The number of nitrogens with zero attached hydrogens (tertiary/aromatic N) is 2. The van der Waals surface area contributed by atoms with Gasteiger partial charge in [-0.05, 0) is 18.6 Å². The SMILES string of the molecule is CCCNC(=O)N1CCN2CC(=O)Nc3ccccc3OC[C@H]2C1. The van der Waals surface area contributed by atoms with E-state index in [1.165, 1.54) is 0 Å². The smallest absolute Gasteiger partial charge is 0.317 e. The van der Waals surface area contributed by atoms with Gasteiger partial charge < -0.3 is 20.3 Å². The summed E-state index contributed by atoms with van der Waals surface area (Å²) in [5.41, 5.74) is 0.694. The second-order valence-corrected chi connectivity index (χ2v) is 6.16. The third-order valence-corrected chi connectivity index (χ3v) is 4.36. The Hall–Kier alpha value is -2.28. The number of anilines is 1. The van der Waals surface area contributed by atoms with Crippen LogP contribution in [0.4, 0.5) is 10.5 Å². The maximum absolute atomic E-state index is 12.3. The third kappa shape index (κ3) is 3.79. The van der Waals surface area contributed by atoms with E-state index >= 15 is 0 Å². The number of carbonyl (C=O) groups excluding carboxylic acids is 2. The first-order chi connectivity index (χ1) is 11.7.